The molecule has 2 aromatic carbocycles. The number of halogens is 1. The van der Waals surface area contributed by atoms with Crippen molar-refractivity contribution in [2.24, 2.45) is 15.1 Å². The average molecular weight is 432 g/mol. The summed E-state index contributed by atoms with van der Waals surface area (Å²) in [5, 5.41) is 5.41. The molecule has 0 radical (unpaired) electrons. The molecule has 3 aromatic rings. The molecular formula is C18H14ClN5O2S2. The number of thioether (sulfide) groups is 1. The number of nitrogens with two attached hydrogens (primary N) is 1. The number of sulfonamides is 1. The van der Waals surface area contributed by atoms with E-state index in [1.807, 2.05) is 24.3 Å². The van der Waals surface area contributed by atoms with Gasteiger partial charge in [-0.25, -0.2) is 0 Å². The molecule has 1 aliphatic heterocycles. The van der Waals surface area contributed by atoms with Crippen LogP contribution in [0.3, 0.4) is 0 Å². The molecule has 0 atom stereocenters. The molecular weight excluding hydrogens is 418 g/mol. The van der Waals surface area contributed by atoms with Crippen LogP contribution in [0.25, 0.3) is 10.8 Å². The Balaban J connectivity index is 1.62. The first-order valence-electron chi connectivity index (χ1n) is 8.10. The highest BCUT2D eigenvalue weighted by molar-refractivity contribution is 8.15. The fourth-order valence-electron chi connectivity index (χ4n) is 2.67. The molecule has 1 aromatic heterocycles. The lowest BCUT2D eigenvalue weighted by atomic mass is 10.1. The van der Waals surface area contributed by atoms with Crippen molar-refractivity contribution in [2.75, 3.05) is 5.32 Å². The minimum absolute atomic E-state index is 0.0161. The zero-order valence-corrected chi connectivity index (χ0v) is 16.9. The lowest BCUT2D eigenvalue weighted by Gasteiger charge is -2.15. The van der Waals surface area contributed by atoms with E-state index in [0.29, 0.717) is 21.2 Å². The monoisotopic (exact) mass is 431 g/mol. The third kappa shape index (κ3) is 3.68. The van der Waals surface area contributed by atoms with Gasteiger partial charge in [-0.3, -0.25) is 4.98 Å². The van der Waals surface area contributed by atoms with Crippen LogP contribution in [-0.2, 0) is 10.0 Å². The van der Waals surface area contributed by atoms with E-state index in [1.165, 1.54) is 6.07 Å². The van der Waals surface area contributed by atoms with Crippen molar-refractivity contribution in [3.8, 4) is 0 Å². The van der Waals surface area contributed by atoms with Gasteiger partial charge < -0.3 is 11.1 Å². The maximum absolute atomic E-state index is 12.5. The molecule has 3 N–H and O–H groups in total. The van der Waals surface area contributed by atoms with Gasteiger partial charge in [0.1, 0.15) is 4.90 Å². The topological polar surface area (TPSA) is 110 Å². The fourth-order valence-corrected chi connectivity index (χ4v) is 5.44. The summed E-state index contributed by atoms with van der Waals surface area (Å²) in [5.74, 6) is 0.0246. The van der Waals surface area contributed by atoms with Crippen LogP contribution in [0.2, 0.25) is 5.02 Å². The van der Waals surface area contributed by atoms with Crippen LogP contribution in [0.5, 0.6) is 0 Å². The van der Waals surface area contributed by atoms with Crippen LogP contribution >= 0.6 is 23.4 Å². The van der Waals surface area contributed by atoms with Gasteiger partial charge in [-0.15, -0.1) is 4.40 Å². The quantitative estimate of drug-likeness (QED) is 0.448. The molecule has 10 heteroatoms. The number of hydrogen-bond donors (Lipinski definition) is 2. The van der Waals surface area contributed by atoms with Crippen molar-refractivity contribution in [3.05, 3.63) is 59.4 Å². The number of anilines is 1. The fraction of sp³-hybridized carbons (Fsp3) is 0.0556. The first-order chi connectivity index (χ1) is 13.3. The number of pyridine rings is 1. The minimum atomic E-state index is -3.87. The predicted molar refractivity (Wildman–Crippen MR) is 114 cm³/mol. The molecule has 0 fully saturated rings. The van der Waals surface area contributed by atoms with Gasteiger partial charge >= 0.3 is 0 Å². The van der Waals surface area contributed by atoms with Crippen molar-refractivity contribution in [2.45, 2.75) is 16.7 Å². The standard InChI is InChI=1S/C18H14ClN5O2S2/c1-10-6-16-15(8-14(10)19)27-18(24-28(16,25)26)23-17(20)22-13-3-2-12-9-21-5-4-11(12)7-13/h2-9H,1H3,(H3,20,22,23,24). The smallest absolute Gasteiger partial charge is 0.285 e. The maximum Gasteiger partial charge on any atom is 0.285 e. The van der Waals surface area contributed by atoms with Crippen molar-refractivity contribution in [1.82, 2.24) is 4.98 Å². The highest BCUT2D eigenvalue weighted by Crippen LogP contribution is 2.37. The summed E-state index contributed by atoms with van der Waals surface area (Å²) in [4.78, 5) is 8.78. The van der Waals surface area contributed by atoms with Crippen LogP contribution in [0.15, 0.2) is 68.0 Å². The van der Waals surface area contributed by atoms with Gasteiger partial charge in [-0.1, -0.05) is 17.7 Å². The highest BCUT2D eigenvalue weighted by Gasteiger charge is 2.27. The van der Waals surface area contributed by atoms with E-state index in [9.17, 15) is 8.42 Å². The largest absolute Gasteiger partial charge is 0.369 e. The van der Waals surface area contributed by atoms with Gasteiger partial charge in [0, 0.05) is 33.4 Å². The molecule has 2 heterocycles. The molecule has 0 amide bonds. The second kappa shape index (κ2) is 7.08. The van der Waals surface area contributed by atoms with E-state index >= 15 is 0 Å². The summed E-state index contributed by atoms with van der Waals surface area (Å²) in [5.41, 5.74) is 7.33. The molecule has 0 saturated heterocycles. The Hall–Kier alpha value is -2.62. The van der Waals surface area contributed by atoms with E-state index in [1.54, 1.807) is 25.4 Å². The number of nitrogens with one attached hydrogen (secondary N) is 1. The molecule has 4 rings (SSSR count). The number of nitrogens with zero attached hydrogens (tertiary/aromatic N) is 3. The van der Waals surface area contributed by atoms with Gasteiger partial charge in [0.05, 0.1) is 0 Å². The molecule has 0 bridgehead atoms. The first-order valence-corrected chi connectivity index (χ1v) is 10.7. The normalized spacial score (nSPS) is 15.8. The summed E-state index contributed by atoms with van der Waals surface area (Å²) in [7, 11) is -3.87. The predicted octanol–water partition coefficient (Wildman–Crippen LogP) is 3.77. The Morgan fingerprint density at radius 3 is 2.86 bits per heavy atom. The second-order valence-electron chi connectivity index (χ2n) is 6.06. The van der Waals surface area contributed by atoms with Crippen LogP contribution < -0.4 is 11.1 Å². The van der Waals surface area contributed by atoms with E-state index in [0.717, 1.165) is 22.5 Å². The van der Waals surface area contributed by atoms with Crippen LogP contribution in [0, 0.1) is 6.92 Å². The number of aryl methyl sites for hydroxylation is 1. The van der Waals surface area contributed by atoms with E-state index in [2.05, 4.69) is 19.7 Å². The van der Waals surface area contributed by atoms with Crippen molar-refractivity contribution in [3.63, 3.8) is 0 Å². The molecule has 28 heavy (non-hydrogen) atoms. The van der Waals surface area contributed by atoms with Crippen molar-refractivity contribution in [1.29, 1.82) is 0 Å². The van der Waals surface area contributed by atoms with Gasteiger partial charge in [-0.05, 0) is 60.0 Å². The van der Waals surface area contributed by atoms with Crippen molar-refractivity contribution >= 4 is 61.0 Å². The van der Waals surface area contributed by atoms with Gasteiger partial charge in [0.25, 0.3) is 10.0 Å². The molecule has 0 saturated carbocycles. The average Bonchev–Trinajstić information content (AvgIpc) is 2.63. The molecule has 7 nitrogen and oxygen atoms in total. The zero-order chi connectivity index (χ0) is 19.9. The molecule has 0 aliphatic carbocycles. The Morgan fingerprint density at radius 1 is 1.21 bits per heavy atom. The summed E-state index contributed by atoms with van der Waals surface area (Å²) in [6, 6.07) is 10.6. The van der Waals surface area contributed by atoms with Crippen LogP contribution in [-0.4, -0.2) is 24.5 Å². The Labute approximate surface area is 170 Å². The number of rotatable bonds is 1. The Kier molecular flexibility index (Phi) is 4.74. The molecule has 0 unspecified atom stereocenters. The van der Waals surface area contributed by atoms with Gasteiger partial charge in [0.2, 0.25) is 5.17 Å². The highest BCUT2D eigenvalue weighted by atomic mass is 35.5. The SMILES string of the molecule is Cc1cc2c(cc1Cl)SC(/N=C(/N)Nc1ccc3cnccc3c1)=NS2(=O)=O. The zero-order valence-electron chi connectivity index (χ0n) is 14.5. The maximum atomic E-state index is 12.5. The number of guanidine groups is 1. The number of aliphatic imine (C=N–C) groups is 1. The molecule has 1 aliphatic rings. The molecule has 0 spiro atoms. The summed E-state index contributed by atoms with van der Waals surface area (Å²) in [6.45, 7) is 1.74. The number of fused-ring (bicyclic) bond motifs is 2. The number of aromatic nitrogens is 1. The Bertz CT molecular complexity index is 1270. The van der Waals surface area contributed by atoms with Gasteiger partial charge in [0.15, 0.2) is 5.96 Å². The number of amidine groups is 1. The van der Waals surface area contributed by atoms with E-state index in [-0.39, 0.29) is 16.0 Å². The van der Waals surface area contributed by atoms with Crippen molar-refractivity contribution < 1.29 is 8.42 Å². The lowest BCUT2D eigenvalue weighted by molar-refractivity contribution is 0.595. The van der Waals surface area contributed by atoms with E-state index < -0.39 is 10.0 Å². The number of hydrogen-bond acceptors (Lipinski definition) is 5. The van der Waals surface area contributed by atoms with Crippen LogP contribution in [0.1, 0.15) is 5.56 Å². The summed E-state index contributed by atoms with van der Waals surface area (Å²) >= 11 is 7.22. The van der Waals surface area contributed by atoms with Crippen LogP contribution in [0.4, 0.5) is 5.69 Å². The van der Waals surface area contributed by atoms with E-state index in [4.69, 9.17) is 17.3 Å². The summed E-state index contributed by atoms with van der Waals surface area (Å²) < 4.78 is 28.7. The third-order valence-corrected chi connectivity index (χ3v) is 6.91. The summed E-state index contributed by atoms with van der Waals surface area (Å²) in [6.07, 6.45) is 3.46. The third-order valence-electron chi connectivity index (χ3n) is 4.03. The van der Waals surface area contributed by atoms with Gasteiger partial charge in [-0.2, -0.15) is 13.4 Å². The minimum Gasteiger partial charge on any atom is -0.369 e. The number of benzene rings is 2. The lowest BCUT2D eigenvalue weighted by Crippen LogP contribution is -2.24. The second-order valence-corrected chi connectivity index (χ2v) is 9.05. The molecule has 142 valence electrons. The first kappa shape index (κ1) is 18.7. The Morgan fingerprint density at radius 2 is 2.04 bits per heavy atom.